The van der Waals surface area contributed by atoms with Gasteiger partial charge in [0.2, 0.25) is 0 Å². The molecule has 3 heterocycles. The first kappa shape index (κ1) is 17.2. The predicted octanol–water partition coefficient (Wildman–Crippen LogP) is 3.32. The van der Waals surface area contributed by atoms with Crippen molar-refractivity contribution >= 4 is 16.8 Å². The Hall–Kier alpha value is -2.95. The van der Waals surface area contributed by atoms with E-state index in [0.29, 0.717) is 29.6 Å². The van der Waals surface area contributed by atoms with E-state index in [1.165, 1.54) is 11.1 Å². The number of benzene rings is 2. The highest BCUT2D eigenvalue weighted by Gasteiger charge is 2.22. The average molecular weight is 373 g/mol. The van der Waals surface area contributed by atoms with Crippen molar-refractivity contribution < 1.29 is 4.79 Å². The summed E-state index contributed by atoms with van der Waals surface area (Å²) in [6.45, 7) is 2.09. The van der Waals surface area contributed by atoms with Gasteiger partial charge in [0.1, 0.15) is 5.82 Å². The van der Waals surface area contributed by atoms with Crippen LogP contribution in [0, 0.1) is 0 Å². The number of carbonyl (C=O) groups excluding carboxylic acids is 1. The van der Waals surface area contributed by atoms with Crippen molar-refractivity contribution in [1.82, 2.24) is 14.5 Å². The Morgan fingerprint density at radius 2 is 1.79 bits per heavy atom. The van der Waals surface area contributed by atoms with Crippen LogP contribution in [0.1, 0.15) is 46.6 Å². The number of fused-ring (bicyclic) bond motifs is 3. The van der Waals surface area contributed by atoms with Crippen LogP contribution in [0.3, 0.4) is 0 Å². The minimum absolute atomic E-state index is 0.00764. The first-order valence-corrected chi connectivity index (χ1v) is 10.1. The quantitative estimate of drug-likeness (QED) is 0.657. The molecule has 5 heteroatoms. The lowest BCUT2D eigenvalue weighted by Crippen LogP contribution is -2.36. The molecule has 5 nitrogen and oxygen atoms in total. The lowest BCUT2D eigenvalue weighted by Gasteiger charge is -2.29. The summed E-state index contributed by atoms with van der Waals surface area (Å²) < 4.78 is 1.82. The van der Waals surface area contributed by atoms with Gasteiger partial charge in [-0.3, -0.25) is 14.2 Å². The van der Waals surface area contributed by atoms with E-state index in [4.69, 9.17) is 4.98 Å². The highest BCUT2D eigenvalue weighted by atomic mass is 16.2. The topological polar surface area (TPSA) is 55.2 Å². The van der Waals surface area contributed by atoms with Gasteiger partial charge in [-0.2, -0.15) is 0 Å². The van der Waals surface area contributed by atoms with E-state index in [1.54, 1.807) is 18.2 Å². The van der Waals surface area contributed by atoms with Crippen LogP contribution in [0.15, 0.2) is 47.3 Å². The summed E-state index contributed by atoms with van der Waals surface area (Å²) in [4.78, 5) is 32.6. The van der Waals surface area contributed by atoms with Crippen LogP contribution in [-0.4, -0.2) is 26.9 Å². The largest absolute Gasteiger partial charge is 0.334 e. The number of hydrogen-bond donors (Lipinski definition) is 0. The summed E-state index contributed by atoms with van der Waals surface area (Å²) in [5, 5.41) is 0.603. The normalized spacial score (nSPS) is 16.4. The van der Waals surface area contributed by atoms with Crippen molar-refractivity contribution in [2.24, 2.45) is 0 Å². The van der Waals surface area contributed by atoms with Gasteiger partial charge in [0, 0.05) is 31.6 Å². The van der Waals surface area contributed by atoms with Gasteiger partial charge in [0.15, 0.2) is 0 Å². The molecule has 1 amide bonds. The maximum absolute atomic E-state index is 13.1. The number of aryl methyl sites for hydroxylation is 1. The molecule has 0 fully saturated rings. The van der Waals surface area contributed by atoms with Gasteiger partial charge in [-0.15, -0.1) is 0 Å². The number of hydrogen-bond acceptors (Lipinski definition) is 3. The van der Waals surface area contributed by atoms with Crippen LogP contribution in [0.5, 0.6) is 0 Å². The van der Waals surface area contributed by atoms with Crippen LogP contribution >= 0.6 is 0 Å². The Bertz CT molecular complexity index is 1130. The zero-order valence-electron chi connectivity index (χ0n) is 15.9. The minimum Gasteiger partial charge on any atom is -0.334 e. The van der Waals surface area contributed by atoms with Crippen molar-refractivity contribution in [1.29, 1.82) is 0 Å². The molecule has 2 aliphatic heterocycles. The van der Waals surface area contributed by atoms with Crippen LogP contribution in [0.2, 0.25) is 0 Å². The van der Waals surface area contributed by atoms with Crippen LogP contribution < -0.4 is 5.56 Å². The molecule has 0 saturated carbocycles. The number of aromatic nitrogens is 2. The zero-order chi connectivity index (χ0) is 19.1. The molecular formula is C23H23N3O2. The number of nitrogens with zero attached hydrogens (tertiary/aromatic N) is 3. The molecule has 0 unspecified atom stereocenters. The summed E-state index contributed by atoms with van der Waals surface area (Å²) in [5.41, 5.74) is 3.80. The molecule has 2 aromatic carbocycles. The third-order valence-electron chi connectivity index (χ3n) is 5.98. The highest BCUT2D eigenvalue weighted by molar-refractivity contribution is 5.97. The standard InChI is InChI=1S/C23H23N3O2/c27-22(25-13-11-16-6-3-4-7-18(16)15-25)17-9-10-19-20(14-17)24-21-8-2-1-5-12-26(21)23(19)28/h3-4,6-7,9-10,14H,1-2,5,8,11-13,15H2. The van der Waals surface area contributed by atoms with Gasteiger partial charge in [-0.1, -0.05) is 30.7 Å². The second-order valence-corrected chi connectivity index (χ2v) is 7.77. The van der Waals surface area contributed by atoms with Crippen molar-refractivity contribution in [2.75, 3.05) is 6.54 Å². The molecule has 28 heavy (non-hydrogen) atoms. The fourth-order valence-corrected chi connectivity index (χ4v) is 4.40. The molecule has 5 rings (SSSR count). The maximum Gasteiger partial charge on any atom is 0.261 e. The molecule has 0 saturated heterocycles. The Balaban J connectivity index is 1.50. The molecule has 0 aliphatic carbocycles. The fraction of sp³-hybridized carbons (Fsp3) is 0.348. The van der Waals surface area contributed by atoms with Crippen molar-refractivity contribution in [3.63, 3.8) is 0 Å². The summed E-state index contributed by atoms with van der Waals surface area (Å²) in [6, 6.07) is 13.6. The predicted molar refractivity (Wildman–Crippen MR) is 108 cm³/mol. The monoisotopic (exact) mass is 373 g/mol. The molecule has 0 radical (unpaired) electrons. The Morgan fingerprint density at radius 3 is 2.68 bits per heavy atom. The fourth-order valence-electron chi connectivity index (χ4n) is 4.40. The highest BCUT2D eigenvalue weighted by Crippen LogP contribution is 2.22. The van der Waals surface area contributed by atoms with E-state index < -0.39 is 0 Å². The first-order chi connectivity index (χ1) is 13.7. The van der Waals surface area contributed by atoms with Gasteiger partial charge in [-0.05, 0) is 48.6 Å². The molecule has 3 aromatic rings. The minimum atomic E-state index is 0.00764. The van der Waals surface area contributed by atoms with Crippen molar-refractivity contribution in [2.45, 2.75) is 45.2 Å². The van der Waals surface area contributed by atoms with Gasteiger partial charge in [0.25, 0.3) is 11.5 Å². The molecule has 1 aromatic heterocycles. The molecule has 0 N–H and O–H groups in total. The second-order valence-electron chi connectivity index (χ2n) is 7.77. The molecule has 0 spiro atoms. The summed E-state index contributed by atoms with van der Waals surface area (Å²) in [7, 11) is 0. The number of carbonyl (C=O) groups is 1. The van der Waals surface area contributed by atoms with E-state index in [-0.39, 0.29) is 11.5 Å². The third kappa shape index (κ3) is 2.91. The Morgan fingerprint density at radius 1 is 0.929 bits per heavy atom. The van der Waals surface area contributed by atoms with E-state index in [1.807, 2.05) is 21.6 Å². The van der Waals surface area contributed by atoms with Crippen molar-refractivity contribution in [3.05, 3.63) is 75.3 Å². The van der Waals surface area contributed by atoms with Gasteiger partial charge < -0.3 is 4.90 Å². The molecule has 0 atom stereocenters. The molecule has 0 bridgehead atoms. The second kappa shape index (κ2) is 6.89. The smallest absolute Gasteiger partial charge is 0.261 e. The zero-order valence-corrected chi connectivity index (χ0v) is 15.9. The van der Waals surface area contributed by atoms with Gasteiger partial charge >= 0.3 is 0 Å². The first-order valence-electron chi connectivity index (χ1n) is 10.1. The number of rotatable bonds is 1. The van der Waals surface area contributed by atoms with E-state index >= 15 is 0 Å². The summed E-state index contributed by atoms with van der Waals surface area (Å²) >= 11 is 0. The Kier molecular flexibility index (Phi) is 4.23. The average Bonchev–Trinajstić information content (AvgIpc) is 2.98. The summed E-state index contributed by atoms with van der Waals surface area (Å²) in [5.74, 6) is 0.861. The van der Waals surface area contributed by atoms with Crippen molar-refractivity contribution in [3.8, 4) is 0 Å². The SMILES string of the molecule is O=C(c1ccc2c(=O)n3c(nc2c1)CCCCC3)N1CCc2ccccc2C1. The molecular weight excluding hydrogens is 350 g/mol. The lowest BCUT2D eigenvalue weighted by atomic mass is 9.99. The van der Waals surface area contributed by atoms with E-state index in [9.17, 15) is 9.59 Å². The van der Waals surface area contributed by atoms with Gasteiger partial charge in [0.05, 0.1) is 10.9 Å². The van der Waals surface area contributed by atoms with Crippen LogP contribution in [0.25, 0.3) is 10.9 Å². The van der Waals surface area contributed by atoms with Gasteiger partial charge in [-0.25, -0.2) is 4.98 Å². The lowest BCUT2D eigenvalue weighted by molar-refractivity contribution is 0.0735. The molecule has 142 valence electrons. The van der Waals surface area contributed by atoms with E-state index in [2.05, 4.69) is 12.1 Å². The van der Waals surface area contributed by atoms with Crippen LogP contribution in [0.4, 0.5) is 0 Å². The Labute approximate surface area is 163 Å². The molecule has 2 aliphatic rings. The number of amides is 1. The van der Waals surface area contributed by atoms with Crippen LogP contribution in [-0.2, 0) is 25.9 Å². The third-order valence-corrected chi connectivity index (χ3v) is 5.98. The maximum atomic E-state index is 13.1. The van der Waals surface area contributed by atoms with E-state index in [0.717, 1.165) is 44.5 Å². The summed E-state index contributed by atoms with van der Waals surface area (Å²) in [6.07, 6.45) is 4.91.